The van der Waals surface area contributed by atoms with Gasteiger partial charge < -0.3 is 16.0 Å². The number of hydrogen-bond acceptors (Lipinski definition) is 6. The van der Waals surface area contributed by atoms with Crippen LogP contribution >= 0.6 is 23.1 Å². The van der Waals surface area contributed by atoms with Crippen molar-refractivity contribution in [3.63, 3.8) is 0 Å². The van der Waals surface area contributed by atoms with Crippen LogP contribution in [0, 0.1) is 6.92 Å². The SMILES string of the molecule is Cc1sc(NC(=O)C(C)Sc2cccc(NC(=O)/C(=C\c3ccc(-c4ccccc4)cc3)NC(=O)c3ccccc3)c2)nc1-c1ccccc1. The highest BCUT2D eigenvalue weighted by molar-refractivity contribution is 8.00. The Bertz CT molecular complexity index is 2130. The molecule has 1 atom stereocenters. The van der Waals surface area contributed by atoms with E-state index in [2.05, 4.69) is 20.9 Å². The number of aromatic nitrogens is 1. The van der Waals surface area contributed by atoms with Gasteiger partial charge >= 0.3 is 0 Å². The summed E-state index contributed by atoms with van der Waals surface area (Å²) in [6.45, 7) is 3.82. The lowest BCUT2D eigenvalue weighted by Crippen LogP contribution is -2.30. The minimum Gasteiger partial charge on any atom is -0.321 e. The molecule has 0 saturated carbocycles. The number of nitrogens with one attached hydrogen (secondary N) is 3. The molecule has 7 nitrogen and oxygen atoms in total. The number of anilines is 2. The van der Waals surface area contributed by atoms with E-state index >= 15 is 0 Å². The standard InChI is InChI=1S/C41H34N4O3S2/c1-27-37(32-15-8-4-9-16-32)44-41(50-27)45-38(46)28(2)49-35-20-12-19-34(26-35)42-40(48)36(43-39(47)33-17-10-5-11-18-33)25-29-21-23-31(24-22-29)30-13-6-3-7-14-30/h3-26,28H,1-2H3,(H,42,48)(H,43,47)(H,44,45,46)/b36-25+. The molecule has 3 N–H and O–H groups in total. The Balaban J connectivity index is 1.15. The molecule has 0 aliphatic carbocycles. The first kappa shape index (κ1) is 34.1. The molecule has 0 spiro atoms. The lowest BCUT2D eigenvalue weighted by Gasteiger charge is -2.14. The van der Waals surface area contributed by atoms with Crippen molar-refractivity contribution in [3.8, 4) is 22.4 Å². The first-order chi connectivity index (χ1) is 24.3. The van der Waals surface area contributed by atoms with Crippen LogP contribution in [0.5, 0.6) is 0 Å². The van der Waals surface area contributed by atoms with Gasteiger partial charge in [-0.25, -0.2) is 4.98 Å². The molecule has 6 aromatic rings. The fourth-order valence-corrected chi connectivity index (χ4v) is 6.90. The molecule has 1 unspecified atom stereocenters. The molecule has 0 aliphatic rings. The maximum absolute atomic E-state index is 13.7. The van der Waals surface area contributed by atoms with Gasteiger partial charge in [0.05, 0.1) is 10.9 Å². The fourth-order valence-electron chi connectivity index (χ4n) is 5.14. The molecule has 9 heteroatoms. The second-order valence-electron chi connectivity index (χ2n) is 11.4. The van der Waals surface area contributed by atoms with Gasteiger partial charge in [-0.15, -0.1) is 23.1 Å². The monoisotopic (exact) mass is 694 g/mol. The number of rotatable bonds is 11. The normalized spacial score (nSPS) is 11.8. The Morgan fingerprint density at radius 3 is 2.02 bits per heavy atom. The third kappa shape index (κ3) is 8.82. The molecule has 0 saturated heterocycles. The maximum atomic E-state index is 13.7. The molecule has 0 aliphatic heterocycles. The van der Waals surface area contributed by atoms with E-state index in [0.717, 1.165) is 37.7 Å². The zero-order valence-electron chi connectivity index (χ0n) is 27.4. The molecule has 248 valence electrons. The van der Waals surface area contributed by atoms with Crippen LogP contribution in [0.3, 0.4) is 0 Å². The van der Waals surface area contributed by atoms with E-state index in [9.17, 15) is 14.4 Å². The molecule has 5 aromatic carbocycles. The van der Waals surface area contributed by atoms with Crippen LogP contribution in [0.2, 0.25) is 0 Å². The third-order valence-corrected chi connectivity index (χ3v) is 9.69. The highest BCUT2D eigenvalue weighted by Gasteiger charge is 2.19. The second kappa shape index (κ2) is 16.1. The van der Waals surface area contributed by atoms with Crippen LogP contribution in [0.25, 0.3) is 28.5 Å². The molecule has 50 heavy (non-hydrogen) atoms. The number of carbonyl (C=O) groups is 3. The minimum atomic E-state index is -0.484. The number of amides is 3. The Labute approximate surface area is 299 Å². The molecule has 0 bridgehead atoms. The summed E-state index contributed by atoms with van der Waals surface area (Å²) in [5, 5.41) is 8.78. The molecule has 6 rings (SSSR count). The zero-order chi connectivity index (χ0) is 34.9. The van der Waals surface area contributed by atoms with E-state index < -0.39 is 17.1 Å². The van der Waals surface area contributed by atoms with Crippen LogP contribution in [-0.4, -0.2) is 28.0 Å². The van der Waals surface area contributed by atoms with E-state index in [1.54, 1.807) is 42.5 Å². The van der Waals surface area contributed by atoms with Crippen molar-refractivity contribution in [2.75, 3.05) is 10.6 Å². The zero-order valence-corrected chi connectivity index (χ0v) is 29.1. The van der Waals surface area contributed by atoms with Gasteiger partial charge in [0.1, 0.15) is 5.70 Å². The number of carbonyl (C=O) groups excluding carboxylic acids is 3. The Morgan fingerprint density at radius 2 is 1.34 bits per heavy atom. The molecule has 0 fully saturated rings. The van der Waals surface area contributed by atoms with Crippen molar-refractivity contribution >= 4 is 57.7 Å². The first-order valence-corrected chi connectivity index (χ1v) is 17.7. The van der Waals surface area contributed by atoms with E-state index in [1.165, 1.54) is 23.1 Å². The van der Waals surface area contributed by atoms with Gasteiger partial charge in [-0.2, -0.15) is 0 Å². The fraction of sp³-hybridized carbons (Fsp3) is 0.0732. The van der Waals surface area contributed by atoms with Crippen LogP contribution in [-0.2, 0) is 9.59 Å². The van der Waals surface area contributed by atoms with Crippen molar-refractivity contribution < 1.29 is 14.4 Å². The van der Waals surface area contributed by atoms with Crippen LogP contribution < -0.4 is 16.0 Å². The Morgan fingerprint density at radius 1 is 0.720 bits per heavy atom. The highest BCUT2D eigenvalue weighted by atomic mass is 32.2. The molecule has 3 amide bonds. The van der Waals surface area contributed by atoms with Crippen molar-refractivity contribution in [1.29, 1.82) is 0 Å². The summed E-state index contributed by atoms with van der Waals surface area (Å²) >= 11 is 2.81. The van der Waals surface area contributed by atoms with Gasteiger partial charge in [-0.3, -0.25) is 14.4 Å². The Hall–Kier alpha value is -5.77. The number of thiazole rings is 1. The van der Waals surface area contributed by atoms with E-state index in [0.29, 0.717) is 16.4 Å². The molecule has 1 heterocycles. The van der Waals surface area contributed by atoms with Crippen molar-refractivity contribution in [2.24, 2.45) is 0 Å². The summed E-state index contributed by atoms with van der Waals surface area (Å²) < 4.78 is 0. The lowest BCUT2D eigenvalue weighted by molar-refractivity contribution is -0.115. The number of nitrogens with zero attached hydrogens (tertiary/aromatic N) is 1. The van der Waals surface area contributed by atoms with Crippen LogP contribution in [0.15, 0.2) is 150 Å². The topological polar surface area (TPSA) is 100 Å². The average molecular weight is 695 g/mol. The second-order valence-corrected chi connectivity index (χ2v) is 14.0. The van der Waals surface area contributed by atoms with E-state index in [4.69, 9.17) is 0 Å². The number of thioether (sulfide) groups is 1. The number of aryl methyl sites for hydroxylation is 1. The number of hydrogen-bond donors (Lipinski definition) is 3. The number of benzene rings is 5. The van der Waals surface area contributed by atoms with Gasteiger partial charge in [0.2, 0.25) is 5.91 Å². The van der Waals surface area contributed by atoms with Crippen molar-refractivity contribution in [2.45, 2.75) is 24.0 Å². The van der Waals surface area contributed by atoms with Crippen molar-refractivity contribution in [1.82, 2.24) is 10.3 Å². The average Bonchev–Trinajstić information content (AvgIpc) is 3.52. The summed E-state index contributed by atoms with van der Waals surface area (Å²) in [6, 6.07) is 43.7. The molecular weight excluding hydrogens is 661 g/mol. The summed E-state index contributed by atoms with van der Waals surface area (Å²) in [5.41, 5.74) is 5.77. The van der Waals surface area contributed by atoms with Crippen LogP contribution in [0.1, 0.15) is 27.7 Å². The molecule has 1 aromatic heterocycles. The smallest absolute Gasteiger partial charge is 0.272 e. The molecular formula is C41H34N4O3S2. The van der Waals surface area contributed by atoms with Crippen molar-refractivity contribution in [3.05, 3.63) is 161 Å². The Kier molecular flexibility index (Phi) is 11.0. The summed E-state index contributed by atoms with van der Waals surface area (Å²) in [7, 11) is 0. The van der Waals surface area contributed by atoms with E-state index in [1.807, 2.05) is 117 Å². The van der Waals surface area contributed by atoms with Gasteiger partial charge in [-0.05, 0) is 66.9 Å². The summed E-state index contributed by atoms with van der Waals surface area (Å²) in [6.07, 6.45) is 1.65. The summed E-state index contributed by atoms with van der Waals surface area (Å²) in [4.78, 5) is 46.4. The molecule has 0 radical (unpaired) electrons. The van der Waals surface area contributed by atoms with Gasteiger partial charge in [0, 0.05) is 26.6 Å². The predicted molar refractivity (Wildman–Crippen MR) is 205 cm³/mol. The third-order valence-electron chi connectivity index (χ3n) is 7.71. The van der Waals surface area contributed by atoms with Crippen LogP contribution in [0.4, 0.5) is 10.8 Å². The predicted octanol–water partition coefficient (Wildman–Crippen LogP) is 9.31. The van der Waals surface area contributed by atoms with E-state index in [-0.39, 0.29) is 11.6 Å². The highest BCUT2D eigenvalue weighted by Crippen LogP contribution is 2.32. The lowest BCUT2D eigenvalue weighted by atomic mass is 10.0. The summed E-state index contributed by atoms with van der Waals surface area (Å²) in [5.74, 6) is -1.06. The van der Waals surface area contributed by atoms with Gasteiger partial charge in [0.15, 0.2) is 5.13 Å². The van der Waals surface area contributed by atoms with Gasteiger partial charge in [0.25, 0.3) is 11.8 Å². The minimum absolute atomic E-state index is 0.0886. The van der Waals surface area contributed by atoms with Gasteiger partial charge in [-0.1, -0.05) is 109 Å². The first-order valence-electron chi connectivity index (χ1n) is 16.0. The quantitative estimate of drug-likeness (QED) is 0.0928. The largest absolute Gasteiger partial charge is 0.321 e. The maximum Gasteiger partial charge on any atom is 0.272 e.